The summed E-state index contributed by atoms with van der Waals surface area (Å²) in [5.74, 6) is 0.614. The number of aromatic amines is 1. The molecule has 29 heavy (non-hydrogen) atoms. The summed E-state index contributed by atoms with van der Waals surface area (Å²) in [7, 11) is 0. The largest absolute Gasteiger partial charge is 0.360 e. The summed E-state index contributed by atoms with van der Waals surface area (Å²) in [6, 6.07) is 28.0. The van der Waals surface area contributed by atoms with Crippen LogP contribution in [0, 0.1) is 0 Å². The summed E-state index contributed by atoms with van der Waals surface area (Å²) in [4.78, 5) is 14.8. The van der Waals surface area contributed by atoms with Crippen molar-refractivity contribution in [1.29, 1.82) is 0 Å². The van der Waals surface area contributed by atoms with E-state index >= 15 is 0 Å². The van der Waals surface area contributed by atoms with Crippen LogP contribution >= 0.6 is 11.6 Å². The molecule has 0 fully saturated rings. The van der Waals surface area contributed by atoms with Crippen molar-refractivity contribution in [3.63, 3.8) is 0 Å². The zero-order valence-electron chi connectivity index (χ0n) is 15.5. The smallest absolute Gasteiger partial charge is 0.235 e. The topological polar surface area (TPSA) is 44.8 Å². The number of halogens is 1. The Balaban J connectivity index is 1.65. The first-order valence-corrected chi connectivity index (χ1v) is 9.68. The van der Waals surface area contributed by atoms with Gasteiger partial charge < -0.3 is 4.98 Å². The van der Waals surface area contributed by atoms with Gasteiger partial charge in [0, 0.05) is 45.3 Å². The van der Waals surface area contributed by atoms with Crippen molar-refractivity contribution in [3.8, 4) is 11.3 Å². The summed E-state index contributed by atoms with van der Waals surface area (Å²) in [6.07, 6.45) is 3.76. The van der Waals surface area contributed by atoms with Crippen LogP contribution in [0.25, 0.3) is 22.2 Å². The van der Waals surface area contributed by atoms with E-state index in [0.717, 1.165) is 33.5 Å². The van der Waals surface area contributed by atoms with E-state index in [0.29, 0.717) is 11.0 Å². The van der Waals surface area contributed by atoms with Gasteiger partial charge in [0.15, 0.2) is 0 Å². The molecule has 3 aromatic carbocycles. The van der Waals surface area contributed by atoms with Crippen LogP contribution in [0.4, 0.5) is 17.3 Å². The van der Waals surface area contributed by atoms with Gasteiger partial charge in [-0.05, 0) is 42.5 Å². The number of rotatable bonds is 4. The van der Waals surface area contributed by atoms with Gasteiger partial charge in [-0.3, -0.25) is 4.90 Å². The van der Waals surface area contributed by atoms with Crippen molar-refractivity contribution in [1.82, 2.24) is 15.0 Å². The molecule has 0 aliphatic rings. The molecule has 5 heteroatoms. The van der Waals surface area contributed by atoms with Gasteiger partial charge in [-0.2, -0.15) is 0 Å². The van der Waals surface area contributed by atoms with E-state index in [2.05, 4.69) is 39.1 Å². The summed E-state index contributed by atoms with van der Waals surface area (Å²) in [5.41, 5.74) is 4.85. The van der Waals surface area contributed by atoms with Gasteiger partial charge in [0.2, 0.25) is 5.95 Å². The van der Waals surface area contributed by atoms with Crippen molar-refractivity contribution < 1.29 is 0 Å². The number of anilines is 3. The van der Waals surface area contributed by atoms with Crippen molar-refractivity contribution in [2.24, 2.45) is 0 Å². The SMILES string of the molecule is Clc1ccc2c(-c3ccnc(N(c4ccccc4)c4ccccc4)n3)c[nH]c2c1. The Kier molecular flexibility index (Phi) is 4.47. The van der Waals surface area contributed by atoms with Gasteiger partial charge in [-0.15, -0.1) is 0 Å². The maximum Gasteiger partial charge on any atom is 0.235 e. The maximum atomic E-state index is 6.12. The molecule has 4 nitrogen and oxygen atoms in total. The van der Waals surface area contributed by atoms with Crippen molar-refractivity contribution in [2.75, 3.05) is 4.90 Å². The van der Waals surface area contributed by atoms with Gasteiger partial charge in [-0.1, -0.05) is 54.1 Å². The highest BCUT2D eigenvalue weighted by Crippen LogP contribution is 2.34. The molecule has 0 unspecified atom stereocenters. The molecule has 2 heterocycles. The van der Waals surface area contributed by atoms with E-state index in [4.69, 9.17) is 16.6 Å². The lowest BCUT2D eigenvalue weighted by atomic mass is 10.1. The first-order valence-electron chi connectivity index (χ1n) is 9.30. The van der Waals surface area contributed by atoms with E-state index in [1.807, 2.05) is 66.9 Å². The molecular formula is C24H17ClN4. The second kappa shape index (κ2) is 7.41. The predicted octanol–water partition coefficient (Wildman–Crippen LogP) is 6.75. The Morgan fingerprint density at radius 1 is 0.793 bits per heavy atom. The molecule has 5 rings (SSSR count). The first kappa shape index (κ1) is 17.5. The minimum absolute atomic E-state index is 0.614. The Morgan fingerprint density at radius 3 is 2.17 bits per heavy atom. The van der Waals surface area contributed by atoms with Gasteiger partial charge >= 0.3 is 0 Å². The quantitative estimate of drug-likeness (QED) is 0.365. The van der Waals surface area contributed by atoms with E-state index in [1.165, 1.54) is 0 Å². The number of nitrogens with one attached hydrogen (secondary N) is 1. The third kappa shape index (κ3) is 3.35. The molecule has 0 amide bonds. The highest BCUT2D eigenvalue weighted by Gasteiger charge is 2.16. The first-order chi connectivity index (χ1) is 14.3. The fourth-order valence-electron chi connectivity index (χ4n) is 3.45. The molecule has 140 valence electrons. The molecule has 0 aliphatic carbocycles. The molecule has 0 atom stereocenters. The second-order valence-corrected chi connectivity index (χ2v) is 7.08. The van der Waals surface area contributed by atoms with Gasteiger partial charge in [-0.25, -0.2) is 9.97 Å². The van der Waals surface area contributed by atoms with Crippen LogP contribution in [-0.2, 0) is 0 Å². The van der Waals surface area contributed by atoms with E-state index in [1.54, 1.807) is 6.20 Å². The fourth-order valence-corrected chi connectivity index (χ4v) is 3.62. The summed E-state index contributed by atoms with van der Waals surface area (Å²) < 4.78 is 0. The summed E-state index contributed by atoms with van der Waals surface area (Å²) in [6.45, 7) is 0. The molecule has 0 spiro atoms. The molecule has 1 N–H and O–H groups in total. The molecule has 0 aliphatic heterocycles. The number of hydrogen-bond donors (Lipinski definition) is 1. The summed E-state index contributed by atoms with van der Waals surface area (Å²) in [5, 5.41) is 1.78. The zero-order valence-corrected chi connectivity index (χ0v) is 16.2. The minimum atomic E-state index is 0.614. The van der Waals surface area contributed by atoms with Crippen LogP contribution in [-0.4, -0.2) is 15.0 Å². The van der Waals surface area contributed by atoms with Crippen LogP contribution in [0.15, 0.2) is 97.3 Å². The molecule has 5 aromatic rings. The fraction of sp³-hybridized carbons (Fsp3) is 0. The number of para-hydroxylation sites is 2. The summed E-state index contributed by atoms with van der Waals surface area (Å²) >= 11 is 6.12. The van der Waals surface area contributed by atoms with Gasteiger partial charge in [0.1, 0.15) is 0 Å². The Morgan fingerprint density at radius 2 is 1.48 bits per heavy atom. The van der Waals surface area contributed by atoms with E-state index < -0.39 is 0 Å². The number of fused-ring (bicyclic) bond motifs is 1. The lowest BCUT2D eigenvalue weighted by molar-refractivity contribution is 1.08. The maximum absolute atomic E-state index is 6.12. The Bertz CT molecular complexity index is 1230. The zero-order chi connectivity index (χ0) is 19.6. The average molecular weight is 397 g/mol. The van der Waals surface area contributed by atoms with Crippen LogP contribution in [0.2, 0.25) is 5.02 Å². The van der Waals surface area contributed by atoms with Crippen LogP contribution in [0.1, 0.15) is 0 Å². The highest BCUT2D eigenvalue weighted by molar-refractivity contribution is 6.31. The molecule has 2 aromatic heterocycles. The molecular weight excluding hydrogens is 380 g/mol. The number of nitrogens with zero attached hydrogens (tertiary/aromatic N) is 3. The van der Waals surface area contributed by atoms with E-state index in [9.17, 15) is 0 Å². The number of H-pyrrole nitrogens is 1. The predicted molar refractivity (Wildman–Crippen MR) is 119 cm³/mol. The monoisotopic (exact) mass is 396 g/mol. The van der Waals surface area contributed by atoms with Crippen LogP contribution in [0.5, 0.6) is 0 Å². The standard InChI is InChI=1S/C24H17ClN4/c25-17-11-12-20-21(16-27-23(20)15-17)22-13-14-26-24(28-22)29(18-7-3-1-4-8-18)19-9-5-2-6-10-19/h1-16,27H. The Hall–Kier alpha value is -3.63. The lowest BCUT2D eigenvalue weighted by Gasteiger charge is -2.23. The average Bonchev–Trinajstić information content (AvgIpc) is 3.19. The number of aromatic nitrogens is 3. The number of benzene rings is 3. The normalized spacial score (nSPS) is 10.9. The minimum Gasteiger partial charge on any atom is -0.360 e. The molecule has 0 radical (unpaired) electrons. The molecule has 0 saturated carbocycles. The van der Waals surface area contributed by atoms with Crippen LogP contribution < -0.4 is 4.90 Å². The van der Waals surface area contributed by atoms with Crippen LogP contribution in [0.3, 0.4) is 0 Å². The Labute approximate surface area is 173 Å². The number of hydrogen-bond acceptors (Lipinski definition) is 3. The third-order valence-electron chi connectivity index (χ3n) is 4.79. The van der Waals surface area contributed by atoms with Crippen molar-refractivity contribution >= 4 is 39.8 Å². The van der Waals surface area contributed by atoms with Gasteiger partial charge in [0.25, 0.3) is 0 Å². The lowest BCUT2D eigenvalue weighted by Crippen LogP contribution is -2.13. The van der Waals surface area contributed by atoms with Crippen molar-refractivity contribution in [2.45, 2.75) is 0 Å². The van der Waals surface area contributed by atoms with Crippen molar-refractivity contribution in [3.05, 3.63) is 102 Å². The van der Waals surface area contributed by atoms with Gasteiger partial charge in [0.05, 0.1) is 5.69 Å². The van der Waals surface area contributed by atoms with E-state index in [-0.39, 0.29) is 0 Å². The molecule has 0 bridgehead atoms. The second-order valence-electron chi connectivity index (χ2n) is 6.64. The highest BCUT2D eigenvalue weighted by atomic mass is 35.5. The molecule has 0 saturated heterocycles. The third-order valence-corrected chi connectivity index (χ3v) is 5.03.